The van der Waals surface area contributed by atoms with Crippen molar-refractivity contribution in [2.75, 3.05) is 13.2 Å². The van der Waals surface area contributed by atoms with Crippen molar-refractivity contribution in [3.8, 4) is 11.1 Å². The van der Waals surface area contributed by atoms with E-state index in [-0.39, 0.29) is 35.5 Å². The van der Waals surface area contributed by atoms with E-state index < -0.39 is 11.9 Å². The van der Waals surface area contributed by atoms with Crippen molar-refractivity contribution >= 4 is 17.7 Å². The third-order valence-electron chi connectivity index (χ3n) is 5.32. The molecule has 1 aliphatic rings. The molecular weight excluding hydrogens is 380 g/mol. The van der Waals surface area contributed by atoms with Crippen LogP contribution in [0.1, 0.15) is 76.3 Å². The topological polar surface area (TPSA) is 69.7 Å². The Morgan fingerprint density at radius 2 is 1.50 bits per heavy atom. The molecule has 0 unspecified atom stereocenters. The molecule has 5 heteroatoms. The number of hydrogen-bond acceptors (Lipinski definition) is 5. The van der Waals surface area contributed by atoms with Gasteiger partial charge in [-0.3, -0.25) is 4.79 Å². The largest absolute Gasteiger partial charge is 0.462 e. The lowest BCUT2D eigenvalue weighted by Crippen LogP contribution is -2.31. The minimum Gasteiger partial charge on any atom is -0.462 e. The molecule has 1 aliphatic carbocycles. The predicted octanol–water partition coefficient (Wildman–Crippen LogP) is 5.17. The molecule has 0 radical (unpaired) electrons. The third kappa shape index (κ3) is 4.16. The standard InChI is InChI=1S/C25H28O5/c1-6-29-23(27)21-18(16-10-8-15(3)9-11-16)12-17-13-25(4,5)14-19(26)20(17)22(21)24(28)30-7-2/h8-12H,6-7,13-14H2,1-5H3. The van der Waals surface area contributed by atoms with Crippen LogP contribution in [0.5, 0.6) is 0 Å². The smallest absolute Gasteiger partial charge is 0.339 e. The summed E-state index contributed by atoms with van der Waals surface area (Å²) in [6.07, 6.45) is 0.932. The lowest BCUT2D eigenvalue weighted by atomic mass is 9.71. The highest BCUT2D eigenvalue weighted by molar-refractivity contribution is 6.16. The molecular formula is C25H28O5. The average Bonchev–Trinajstić information content (AvgIpc) is 2.66. The van der Waals surface area contributed by atoms with Gasteiger partial charge in [-0.15, -0.1) is 0 Å². The minimum atomic E-state index is -0.668. The number of ketones is 1. The first-order valence-electron chi connectivity index (χ1n) is 10.3. The lowest BCUT2D eigenvalue weighted by Gasteiger charge is -2.32. The maximum atomic E-state index is 13.1. The first kappa shape index (κ1) is 21.8. The van der Waals surface area contributed by atoms with Crippen LogP contribution in [0.3, 0.4) is 0 Å². The first-order chi connectivity index (χ1) is 14.2. The Morgan fingerprint density at radius 3 is 2.07 bits per heavy atom. The van der Waals surface area contributed by atoms with E-state index in [2.05, 4.69) is 0 Å². The van der Waals surface area contributed by atoms with Gasteiger partial charge in [-0.2, -0.15) is 0 Å². The van der Waals surface area contributed by atoms with Gasteiger partial charge in [-0.1, -0.05) is 43.7 Å². The normalized spacial score (nSPS) is 14.8. The minimum absolute atomic E-state index is 0.0314. The van der Waals surface area contributed by atoms with Gasteiger partial charge in [-0.25, -0.2) is 9.59 Å². The van der Waals surface area contributed by atoms with Crippen LogP contribution in [0, 0.1) is 12.3 Å². The van der Waals surface area contributed by atoms with Crippen molar-refractivity contribution in [2.45, 2.75) is 47.5 Å². The molecule has 30 heavy (non-hydrogen) atoms. The summed E-state index contributed by atoms with van der Waals surface area (Å²) < 4.78 is 10.6. The van der Waals surface area contributed by atoms with Crippen molar-refractivity contribution in [2.24, 2.45) is 5.41 Å². The number of hydrogen-bond donors (Lipinski definition) is 0. The van der Waals surface area contributed by atoms with E-state index in [1.807, 2.05) is 51.1 Å². The van der Waals surface area contributed by atoms with Gasteiger partial charge >= 0.3 is 11.9 Å². The second-order valence-electron chi connectivity index (χ2n) is 8.46. The van der Waals surface area contributed by atoms with E-state index in [1.54, 1.807) is 13.8 Å². The van der Waals surface area contributed by atoms with Crippen molar-refractivity contribution in [1.82, 2.24) is 0 Å². The van der Waals surface area contributed by atoms with Gasteiger partial charge in [0.05, 0.1) is 24.3 Å². The second-order valence-corrected chi connectivity index (χ2v) is 8.46. The molecule has 0 aliphatic heterocycles. The van der Waals surface area contributed by atoms with Gasteiger partial charge in [0.1, 0.15) is 0 Å². The molecule has 0 N–H and O–H groups in total. The van der Waals surface area contributed by atoms with Crippen molar-refractivity contribution < 1.29 is 23.9 Å². The Morgan fingerprint density at radius 1 is 0.933 bits per heavy atom. The zero-order valence-electron chi connectivity index (χ0n) is 18.3. The fourth-order valence-corrected chi connectivity index (χ4v) is 4.08. The van der Waals surface area contributed by atoms with Crippen LogP contribution in [-0.2, 0) is 15.9 Å². The van der Waals surface area contributed by atoms with Gasteiger partial charge < -0.3 is 9.47 Å². The molecule has 0 bridgehead atoms. The summed E-state index contributed by atoms with van der Waals surface area (Å²) in [6.45, 7) is 9.75. The maximum Gasteiger partial charge on any atom is 0.339 e. The maximum absolute atomic E-state index is 13.1. The number of benzene rings is 2. The number of carbonyl (C=O) groups is 3. The van der Waals surface area contributed by atoms with Gasteiger partial charge in [0, 0.05) is 12.0 Å². The summed E-state index contributed by atoms with van der Waals surface area (Å²) in [7, 11) is 0. The monoisotopic (exact) mass is 408 g/mol. The van der Waals surface area contributed by atoms with Crippen LogP contribution in [0.4, 0.5) is 0 Å². The van der Waals surface area contributed by atoms with E-state index in [1.165, 1.54) is 0 Å². The Bertz CT molecular complexity index is 999. The molecule has 0 amide bonds. The van der Waals surface area contributed by atoms with E-state index in [4.69, 9.17) is 9.47 Å². The third-order valence-corrected chi connectivity index (χ3v) is 5.32. The summed E-state index contributed by atoms with van der Waals surface area (Å²) in [5.74, 6) is -1.44. The van der Waals surface area contributed by atoms with Crippen molar-refractivity contribution in [3.05, 3.63) is 58.1 Å². The highest BCUT2D eigenvalue weighted by Gasteiger charge is 2.38. The van der Waals surface area contributed by atoms with Crippen LogP contribution in [-0.4, -0.2) is 30.9 Å². The van der Waals surface area contributed by atoms with Crippen LogP contribution < -0.4 is 0 Å². The number of rotatable bonds is 5. The Hall–Kier alpha value is -2.95. The number of esters is 2. The molecule has 0 spiro atoms. The van der Waals surface area contributed by atoms with Gasteiger partial charge in [0.25, 0.3) is 0 Å². The summed E-state index contributed by atoms with van der Waals surface area (Å²) >= 11 is 0. The lowest BCUT2D eigenvalue weighted by molar-refractivity contribution is 0.0477. The molecule has 3 rings (SSSR count). The van der Waals surface area contributed by atoms with E-state index in [9.17, 15) is 14.4 Å². The second kappa shape index (κ2) is 8.42. The SMILES string of the molecule is CCOC(=O)c1c(-c2ccc(C)cc2)cc2c(c1C(=O)OCC)C(=O)CC(C)(C)C2. The number of aryl methyl sites for hydroxylation is 1. The first-order valence-corrected chi connectivity index (χ1v) is 10.3. The van der Waals surface area contributed by atoms with E-state index in [0.29, 0.717) is 24.0 Å². The fourth-order valence-electron chi connectivity index (χ4n) is 4.08. The predicted molar refractivity (Wildman–Crippen MR) is 115 cm³/mol. The average molecular weight is 408 g/mol. The Kier molecular flexibility index (Phi) is 6.11. The zero-order valence-corrected chi connectivity index (χ0v) is 18.3. The molecule has 2 aromatic rings. The summed E-state index contributed by atoms with van der Waals surface area (Å²) in [6, 6.07) is 9.58. The number of ether oxygens (including phenoxy) is 2. The highest BCUT2D eigenvalue weighted by atomic mass is 16.5. The Balaban J connectivity index is 2.39. The number of fused-ring (bicyclic) bond motifs is 1. The summed E-state index contributed by atoms with van der Waals surface area (Å²) in [5, 5.41) is 0. The molecule has 0 atom stereocenters. The van der Waals surface area contributed by atoms with Crippen LogP contribution >= 0.6 is 0 Å². The molecule has 0 saturated heterocycles. The summed E-state index contributed by atoms with van der Waals surface area (Å²) in [4.78, 5) is 39.1. The van der Waals surface area contributed by atoms with Crippen molar-refractivity contribution in [3.63, 3.8) is 0 Å². The zero-order chi connectivity index (χ0) is 22.1. The number of carbonyl (C=O) groups excluding carboxylic acids is 3. The molecule has 0 fully saturated rings. The van der Waals surface area contributed by atoms with Crippen molar-refractivity contribution in [1.29, 1.82) is 0 Å². The van der Waals surface area contributed by atoms with Crippen LogP contribution in [0.25, 0.3) is 11.1 Å². The quantitative estimate of drug-likeness (QED) is 0.638. The summed E-state index contributed by atoms with van der Waals surface area (Å²) in [5.41, 5.74) is 3.42. The molecule has 0 heterocycles. The number of Topliss-reactive ketones (excluding diaryl/α,β-unsaturated/α-hetero) is 1. The van der Waals surface area contributed by atoms with Gasteiger partial charge in [-0.05, 0) is 55.4 Å². The van der Waals surface area contributed by atoms with Gasteiger partial charge in [0.2, 0.25) is 0 Å². The van der Waals surface area contributed by atoms with E-state index in [0.717, 1.165) is 16.7 Å². The highest BCUT2D eigenvalue weighted by Crippen LogP contribution is 2.41. The van der Waals surface area contributed by atoms with E-state index >= 15 is 0 Å². The van der Waals surface area contributed by atoms with Gasteiger partial charge in [0.15, 0.2) is 5.78 Å². The fraction of sp³-hybridized carbons (Fsp3) is 0.400. The molecule has 0 aromatic heterocycles. The van der Waals surface area contributed by atoms with Crippen LogP contribution in [0.2, 0.25) is 0 Å². The molecule has 0 saturated carbocycles. The Labute approximate surface area is 177 Å². The molecule has 5 nitrogen and oxygen atoms in total. The molecule has 2 aromatic carbocycles. The van der Waals surface area contributed by atoms with Crippen LogP contribution in [0.15, 0.2) is 30.3 Å². The molecule has 158 valence electrons.